The Labute approximate surface area is 119 Å². The van der Waals surface area contributed by atoms with Crippen LogP contribution in [-0.2, 0) is 7.05 Å². The van der Waals surface area contributed by atoms with Gasteiger partial charge in [0.1, 0.15) is 5.69 Å². The van der Waals surface area contributed by atoms with Crippen LogP contribution < -0.4 is 0 Å². The zero-order valence-electron chi connectivity index (χ0n) is 11.9. The smallest absolute Gasteiger partial charge is 0.270 e. The fourth-order valence-corrected chi connectivity index (χ4v) is 2.90. The van der Waals surface area contributed by atoms with Crippen LogP contribution in [0.1, 0.15) is 40.6 Å². The molecule has 1 atom stereocenters. The molecule has 1 aliphatic heterocycles. The van der Waals surface area contributed by atoms with Crippen molar-refractivity contribution in [3.05, 3.63) is 53.6 Å². The topological polar surface area (TPSA) is 38.1 Å². The van der Waals surface area contributed by atoms with Crippen LogP contribution in [-0.4, -0.2) is 26.9 Å². The van der Waals surface area contributed by atoms with E-state index in [0.29, 0.717) is 0 Å². The maximum atomic E-state index is 12.7. The Morgan fingerprint density at radius 1 is 1.35 bits per heavy atom. The third kappa shape index (κ3) is 2.11. The van der Waals surface area contributed by atoms with E-state index in [9.17, 15) is 4.79 Å². The summed E-state index contributed by atoms with van der Waals surface area (Å²) in [4.78, 5) is 18.9. The SMILES string of the molecule is Cc1ccc(C(=O)N2CCCC2c2cccnc2)n1C. The lowest BCUT2D eigenvalue weighted by molar-refractivity contribution is 0.0725. The van der Waals surface area contributed by atoms with E-state index in [1.165, 1.54) is 0 Å². The monoisotopic (exact) mass is 269 g/mol. The Hall–Kier alpha value is -2.10. The van der Waals surface area contributed by atoms with E-state index in [1.54, 1.807) is 6.20 Å². The first-order chi connectivity index (χ1) is 9.68. The normalized spacial score (nSPS) is 18.5. The minimum Gasteiger partial charge on any atom is -0.344 e. The van der Waals surface area contributed by atoms with Gasteiger partial charge in [-0.2, -0.15) is 0 Å². The maximum absolute atomic E-state index is 12.7. The van der Waals surface area contributed by atoms with Gasteiger partial charge in [0, 0.05) is 31.7 Å². The number of amides is 1. The number of carbonyl (C=O) groups is 1. The van der Waals surface area contributed by atoms with Gasteiger partial charge in [-0.1, -0.05) is 6.07 Å². The van der Waals surface area contributed by atoms with E-state index in [4.69, 9.17) is 0 Å². The predicted molar refractivity (Wildman–Crippen MR) is 77.4 cm³/mol. The summed E-state index contributed by atoms with van der Waals surface area (Å²) in [6, 6.07) is 8.05. The molecule has 1 amide bonds. The molecule has 0 spiro atoms. The van der Waals surface area contributed by atoms with Crippen LogP contribution in [0, 0.1) is 6.92 Å². The molecule has 1 fully saturated rings. The van der Waals surface area contributed by atoms with Crippen LogP contribution >= 0.6 is 0 Å². The van der Waals surface area contributed by atoms with Crippen molar-refractivity contribution in [1.29, 1.82) is 0 Å². The highest BCUT2D eigenvalue weighted by atomic mass is 16.2. The second kappa shape index (κ2) is 5.12. The van der Waals surface area contributed by atoms with E-state index in [2.05, 4.69) is 11.1 Å². The van der Waals surface area contributed by atoms with Crippen molar-refractivity contribution in [1.82, 2.24) is 14.5 Å². The largest absolute Gasteiger partial charge is 0.344 e. The van der Waals surface area contributed by atoms with Gasteiger partial charge in [0.15, 0.2) is 0 Å². The Bertz CT molecular complexity index is 618. The zero-order valence-corrected chi connectivity index (χ0v) is 11.9. The molecule has 0 saturated carbocycles. The first-order valence-electron chi connectivity index (χ1n) is 7.01. The molecule has 104 valence electrons. The Balaban J connectivity index is 1.89. The molecule has 0 aromatic carbocycles. The van der Waals surface area contributed by atoms with Crippen LogP contribution in [0.4, 0.5) is 0 Å². The molecule has 2 aromatic rings. The third-order valence-electron chi connectivity index (χ3n) is 4.17. The summed E-state index contributed by atoms with van der Waals surface area (Å²) in [6.07, 6.45) is 5.70. The van der Waals surface area contributed by atoms with Gasteiger partial charge in [-0.25, -0.2) is 0 Å². The van der Waals surface area contributed by atoms with Gasteiger partial charge in [-0.15, -0.1) is 0 Å². The number of carbonyl (C=O) groups excluding carboxylic acids is 1. The molecule has 1 aliphatic rings. The zero-order chi connectivity index (χ0) is 14.1. The summed E-state index contributed by atoms with van der Waals surface area (Å²) in [5.41, 5.74) is 2.99. The Morgan fingerprint density at radius 3 is 2.85 bits per heavy atom. The fraction of sp³-hybridized carbons (Fsp3) is 0.375. The molecule has 3 rings (SSSR count). The summed E-state index contributed by atoms with van der Waals surface area (Å²) in [5, 5.41) is 0. The average Bonchev–Trinajstić information content (AvgIpc) is 3.08. The first kappa shape index (κ1) is 12.9. The first-order valence-corrected chi connectivity index (χ1v) is 7.01. The molecule has 1 saturated heterocycles. The Kier molecular flexibility index (Phi) is 3.30. The van der Waals surface area contributed by atoms with Gasteiger partial charge in [0.05, 0.1) is 6.04 Å². The molecule has 0 bridgehead atoms. The van der Waals surface area contributed by atoms with Crippen molar-refractivity contribution < 1.29 is 4.79 Å². The molecule has 1 unspecified atom stereocenters. The molecule has 20 heavy (non-hydrogen) atoms. The van der Waals surface area contributed by atoms with Crippen molar-refractivity contribution in [3.63, 3.8) is 0 Å². The number of hydrogen-bond donors (Lipinski definition) is 0. The van der Waals surface area contributed by atoms with Crippen LogP contribution in [0.15, 0.2) is 36.7 Å². The standard InChI is InChI=1S/C16H19N3O/c1-12-7-8-15(18(12)2)16(20)19-10-4-6-14(19)13-5-3-9-17-11-13/h3,5,7-9,11,14H,4,6,10H2,1-2H3. The summed E-state index contributed by atoms with van der Waals surface area (Å²) in [6.45, 7) is 2.84. The van der Waals surface area contributed by atoms with Crippen molar-refractivity contribution in [2.24, 2.45) is 7.05 Å². The molecular formula is C16H19N3O. The molecular weight excluding hydrogens is 250 g/mol. The number of likely N-dealkylation sites (tertiary alicyclic amines) is 1. The lowest BCUT2D eigenvalue weighted by atomic mass is 10.1. The summed E-state index contributed by atoms with van der Waals surface area (Å²) < 4.78 is 1.96. The van der Waals surface area contributed by atoms with Gasteiger partial charge in [0.2, 0.25) is 0 Å². The lowest BCUT2D eigenvalue weighted by Crippen LogP contribution is -2.32. The summed E-state index contributed by atoms with van der Waals surface area (Å²) in [7, 11) is 1.94. The van der Waals surface area contributed by atoms with Gasteiger partial charge < -0.3 is 9.47 Å². The molecule has 0 aliphatic carbocycles. The van der Waals surface area contributed by atoms with E-state index in [-0.39, 0.29) is 11.9 Å². The highest BCUT2D eigenvalue weighted by molar-refractivity contribution is 5.93. The summed E-state index contributed by atoms with van der Waals surface area (Å²) in [5.74, 6) is 0.118. The number of aryl methyl sites for hydroxylation is 1. The van der Waals surface area contributed by atoms with Crippen LogP contribution in [0.25, 0.3) is 0 Å². The van der Waals surface area contributed by atoms with Crippen LogP contribution in [0.3, 0.4) is 0 Å². The van der Waals surface area contributed by atoms with E-state index in [1.807, 2.05) is 47.8 Å². The number of hydrogen-bond acceptors (Lipinski definition) is 2. The van der Waals surface area contributed by atoms with Crippen LogP contribution in [0.2, 0.25) is 0 Å². The van der Waals surface area contributed by atoms with Gasteiger partial charge in [0.25, 0.3) is 5.91 Å². The summed E-state index contributed by atoms with van der Waals surface area (Å²) >= 11 is 0. The quantitative estimate of drug-likeness (QED) is 0.840. The van der Waals surface area contributed by atoms with E-state index < -0.39 is 0 Å². The molecule has 2 aromatic heterocycles. The van der Waals surface area contributed by atoms with Crippen molar-refractivity contribution >= 4 is 5.91 Å². The molecule has 4 nitrogen and oxygen atoms in total. The number of nitrogens with zero attached hydrogens (tertiary/aromatic N) is 3. The van der Waals surface area contributed by atoms with Crippen molar-refractivity contribution in [2.75, 3.05) is 6.54 Å². The number of aromatic nitrogens is 2. The van der Waals surface area contributed by atoms with Gasteiger partial charge in [-0.3, -0.25) is 9.78 Å². The highest BCUT2D eigenvalue weighted by Gasteiger charge is 2.31. The molecule has 3 heterocycles. The van der Waals surface area contributed by atoms with Crippen molar-refractivity contribution in [2.45, 2.75) is 25.8 Å². The second-order valence-electron chi connectivity index (χ2n) is 5.36. The van der Waals surface area contributed by atoms with Gasteiger partial charge in [-0.05, 0) is 43.5 Å². The van der Waals surface area contributed by atoms with Crippen LogP contribution in [0.5, 0.6) is 0 Å². The van der Waals surface area contributed by atoms with E-state index in [0.717, 1.165) is 36.3 Å². The van der Waals surface area contributed by atoms with Crippen molar-refractivity contribution in [3.8, 4) is 0 Å². The highest BCUT2D eigenvalue weighted by Crippen LogP contribution is 2.32. The predicted octanol–water partition coefficient (Wildman–Crippen LogP) is 2.71. The maximum Gasteiger partial charge on any atom is 0.270 e. The fourth-order valence-electron chi connectivity index (χ4n) is 2.90. The molecule has 0 N–H and O–H groups in total. The number of rotatable bonds is 2. The molecule has 4 heteroatoms. The minimum absolute atomic E-state index is 0.118. The number of pyridine rings is 1. The van der Waals surface area contributed by atoms with E-state index >= 15 is 0 Å². The second-order valence-corrected chi connectivity index (χ2v) is 5.36. The Morgan fingerprint density at radius 2 is 2.20 bits per heavy atom. The average molecular weight is 269 g/mol. The molecule has 0 radical (unpaired) electrons. The minimum atomic E-state index is 0.118. The lowest BCUT2D eigenvalue weighted by Gasteiger charge is -2.25. The third-order valence-corrected chi connectivity index (χ3v) is 4.17. The van der Waals surface area contributed by atoms with Gasteiger partial charge >= 0.3 is 0 Å².